The summed E-state index contributed by atoms with van der Waals surface area (Å²) in [4.78, 5) is 24.1. The molecule has 170 valence electrons. The summed E-state index contributed by atoms with van der Waals surface area (Å²) in [6.07, 6.45) is 0.723. The van der Waals surface area contributed by atoms with Gasteiger partial charge < -0.3 is 9.73 Å². The minimum absolute atomic E-state index is 0.0520. The van der Waals surface area contributed by atoms with Crippen molar-refractivity contribution >= 4 is 33.6 Å². The van der Waals surface area contributed by atoms with Gasteiger partial charge >= 0.3 is 0 Å². The first-order chi connectivity index (χ1) is 16.4. The molecule has 0 unspecified atom stereocenters. The van der Waals surface area contributed by atoms with E-state index in [1.165, 1.54) is 29.5 Å². The quantitative estimate of drug-likeness (QED) is 0.266. The molecule has 5 rings (SSSR count). The van der Waals surface area contributed by atoms with E-state index in [4.69, 9.17) is 4.42 Å². The van der Waals surface area contributed by atoms with Crippen LogP contribution in [0.4, 0.5) is 11.4 Å². The number of benzene rings is 2. The van der Waals surface area contributed by atoms with Gasteiger partial charge in [-0.05, 0) is 30.7 Å². The molecule has 0 saturated heterocycles. The van der Waals surface area contributed by atoms with Gasteiger partial charge in [0, 0.05) is 35.4 Å². The number of nitrogens with zero attached hydrogens (tertiary/aromatic N) is 5. The fraction of sp³-hybridized carbons (Fsp3) is 0.130. The number of nitro groups is 1. The lowest BCUT2D eigenvalue weighted by Gasteiger charge is -2.08. The van der Waals surface area contributed by atoms with E-state index in [0.717, 1.165) is 28.4 Å². The molecule has 34 heavy (non-hydrogen) atoms. The van der Waals surface area contributed by atoms with Crippen LogP contribution < -0.4 is 5.32 Å². The van der Waals surface area contributed by atoms with Gasteiger partial charge in [-0.15, -0.1) is 10.2 Å². The lowest BCUT2D eigenvalue weighted by atomic mass is 10.1. The molecule has 3 heterocycles. The molecule has 5 aromatic rings. The minimum Gasteiger partial charge on any atom is -0.451 e. The molecular weight excluding hydrogens is 456 g/mol. The number of rotatable bonds is 6. The fourth-order valence-corrected chi connectivity index (χ4v) is 4.31. The van der Waals surface area contributed by atoms with E-state index in [-0.39, 0.29) is 11.4 Å². The standard InChI is InChI=1S/C23H18N6O4S/c1-3-20-25-26-23-28(20)27-22(34-23)15-8-7-13(2)17(12-15)24-21(30)19-10-9-18(33-19)14-5-4-6-16(11-14)29(31)32/h4-12H,3H2,1-2H3,(H,24,30). The number of nitro benzene ring substituents is 1. The van der Waals surface area contributed by atoms with Crippen LogP contribution in [0.1, 0.15) is 28.9 Å². The summed E-state index contributed by atoms with van der Waals surface area (Å²) in [6.45, 7) is 3.89. The van der Waals surface area contributed by atoms with Gasteiger partial charge in [0.2, 0.25) is 4.96 Å². The van der Waals surface area contributed by atoms with Crippen molar-refractivity contribution in [3.8, 4) is 21.9 Å². The van der Waals surface area contributed by atoms with E-state index in [9.17, 15) is 14.9 Å². The Balaban J connectivity index is 1.39. The van der Waals surface area contributed by atoms with Crippen molar-refractivity contribution in [2.24, 2.45) is 0 Å². The molecule has 0 bridgehead atoms. The Morgan fingerprint density at radius 2 is 2.00 bits per heavy atom. The number of nitrogens with one attached hydrogen (secondary N) is 1. The molecule has 0 fully saturated rings. The summed E-state index contributed by atoms with van der Waals surface area (Å²) in [7, 11) is 0. The highest BCUT2D eigenvalue weighted by Gasteiger charge is 2.17. The zero-order valence-corrected chi connectivity index (χ0v) is 19.0. The number of aromatic nitrogens is 4. The van der Waals surface area contributed by atoms with E-state index in [2.05, 4.69) is 20.6 Å². The predicted molar refractivity (Wildman–Crippen MR) is 127 cm³/mol. The lowest BCUT2D eigenvalue weighted by Crippen LogP contribution is -2.11. The van der Waals surface area contributed by atoms with Crippen LogP contribution in [0, 0.1) is 17.0 Å². The van der Waals surface area contributed by atoms with Crippen LogP contribution in [0.2, 0.25) is 0 Å². The van der Waals surface area contributed by atoms with Crippen LogP contribution in [0.15, 0.2) is 59.0 Å². The summed E-state index contributed by atoms with van der Waals surface area (Å²) in [5.74, 6) is 0.822. The molecule has 10 nitrogen and oxygen atoms in total. The smallest absolute Gasteiger partial charge is 0.291 e. The highest BCUT2D eigenvalue weighted by atomic mass is 32.1. The largest absolute Gasteiger partial charge is 0.451 e. The third kappa shape index (κ3) is 3.92. The Morgan fingerprint density at radius 3 is 2.79 bits per heavy atom. The Kier molecular flexibility index (Phi) is 5.38. The maximum absolute atomic E-state index is 12.9. The Morgan fingerprint density at radius 1 is 1.15 bits per heavy atom. The van der Waals surface area contributed by atoms with Gasteiger partial charge in [-0.2, -0.15) is 9.61 Å². The number of amides is 1. The number of non-ortho nitro benzene ring substituents is 1. The normalized spacial score (nSPS) is 11.1. The first-order valence-corrected chi connectivity index (χ1v) is 11.2. The van der Waals surface area contributed by atoms with Crippen molar-refractivity contribution in [2.75, 3.05) is 5.32 Å². The number of hydrogen-bond acceptors (Lipinski definition) is 8. The second kappa shape index (κ2) is 8.52. The average molecular weight is 475 g/mol. The summed E-state index contributed by atoms with van der Waals surface area (Å²) in [5.41, 5.74) is 2.80. The molecule has 3 aromatic heterocycles. The second-order valence-electron chi connectivity index (χ2n) is 7.53. The monoisotopic (exact) mass is 474 g/mol. The van der Waals surface area contributed by atoms with Crippen LogP contribution in [0.5, 0.6) is 0 Å². The van der Waals surface area contributed by atoms with Crippen LogP contribution in [-0.2, 0) is 6.42 Å². The number of furan rings is 1. The van der Waals surface area contributed by atoms with Gasteiger partial charge in [0.25, 0.3) is 11.6 Å². The van der Waals surface area contributed by atoms with Gasteiger partial charge in [-0.25, -0.2) is 0 Å². The molecule has 0 aliphatic carbocycles. The van der Waals surface area contributed by atoms with Gasteiger partial charge in [0.15, 0.2) is 11.6 Å². The number of carbonyl (C=O) groups excluding carboxylic acids is 1. The Hall–Kier alpha value is -4.38. The van der Waals surface area contributed by atoms with Crippen molar-refractivity contribution in [3.63, 3.8) is 0 Å². The molecule has 1 amide bonds. The zero-order valence-electron chi connectivity index (χ0n) is 18.2. The highest BCUT2D eigenvalue weighted by Crippen LogP contribution is 2.30. The van der Waals surface area contributed by atoms with E-state index < -0.39 is 10.8 Å². The van der Waals surface area contributed by atoms with Gasteiger partial charge in [0.1, 0.15) is 10.8 Å². The molecule has 11 heteroatoms. The van der Waals surface area contributed by atoms with Gasteiger partial charge in [-0.3, -0.25) is 14.9 Å². The maximum Gasteiger partial charge on any atom is 0.291 e. The summed E-state index contributed by atoms with van der Waals surface area (Å²) < 4.78 is 7.42. The topological polar surface area (TPSA) is 128 Å². The summed E-state index contributed by atoms with van der Waals surface area (Å²) in [5, 5.41) is 27.6. The predicted octanol–water partition coefficient (Wildman–Crippen LogP) is 5.14. The van der Waals surface area contributed by atoms with Crippen molar-refractivity contribution in [3.05, 3.63) is 81.9 Å². The molecule has 0 aliphatic heterocycles. The molecule has 0 spiro atoms. The number of aryl methyl sites for hydroxylation is 2. The zero-order chi connectivity index (χ0) is 23.8. The van der Waals surface area contributed by atoms with Crippen LogP contribution in [0.25, 0.3) is 26.9 Å². The van der Waals surface area contributed by atoms with E-state index in [1.54, 1.807) is 22.7 Å². The van der Waals surface area contributed by atoms with Crippen molar-refractivity contribution in [1.82, 2.24) is 19.8 Å². The third-order valence-corrected chi connectivity index (χ3v) is 6.22. The van der Waals surface area contributed by atoms with E-state index in [1.807, 2.05) is 32.0 Å². The highest BCUT2D eigenvalue weighted by molar-refractivity contribution is 7.19. The van der Waals surface area contributed by atoms with Crippen molar-refractivity contribution in [2.45, 2.75) is 20.3 Å². The van der Waals surface area contributed by atoms with Crippen LogP contribution in [-0.4, -0.2) is 30.6 Å². The minimum atomic E-state index is -0.477. The van der Waals surface area contributed by atoms with Crippen molar-refractivity contribution in [1.29, 1.82) is 0 Å². The Labute approximate surface area is 197 Å². The van der Waals surface area contributed by atoms with E-state index >= 15 is 0 Å². The molecule has 0 aliphatic rings. The van der Waals surface area contributed by atoms with E-state index in [0.29, 0.717) is 22.0 Å². The third-order valence-electron chi connectivity index (χ3n) is 5.28. The molecule has 2 aromatic carbocycles. The number of fused-ring (bicyclic) bond motifs is 1. The lowest BCUT2D eigenvalue weighted by molar-refractivity contribution is -0.384. The first-order valence-electron chi connectivity index (χ1n) is 10.4. The maximum atomic E-state index is 12.9. The first kappa shape index (κ1) is 21.5. The SMILES string of the molecule is CCc1nnc2sc(-c3ccc(C)c(NC(=O)c4ccc(-c5cccc([N+](=O)[O-])c5)o4)c3)nn12. The van der Waals surface area contributed by atoms with Crippen LogP contribution in [0.3, 0.4) is 0 Å². The molecule has 1 N–H and O–H groups in total. The second-order valence-corrected chi connectivity index (χ2v) is 8.48. The fourth-order valence-electron chi connectivity index (χ4n) is 3.46. The summed E-state index contributed by atoms with van der Waals surface area (Å²) >= 11 is 1.42. The molecule has 0 saturated carbocycles. The number of anilines is 1. The molecular formula is C23H18N6O4S. The molecule has 0 atom stereocenters. The van der Waals surface area contributed by atoms with Crippen LogP contribution >= 0.6 is 11.3 Å². The number of carbonyl (C=O) groups is 1. The van der Waals surface area contributed by atoms with Gasteiger partial charge in [-0.1, -0.05) is 42.5 Å². The van der Waals surface area contributed by atoms with Gasteiger partial charge in [0.05, 0.1) is 4.92 Å². The average Bonchev–Trinajstić information content (AvgIpc) is 3.56. The van der Waals surface area contributed by atoms with Crippen molar-refractivity contribution < 1.29 is 14.1 Å². The number of hydrogen-bond donors (Lipinski definition) is 1. The summed E-state index contributed by atoms with van der Waals surface area (Å²) in [6, 6.07) is 14.9. The molecule has 0 radical (unpaired) electrons. The Bertz CT molecular complexity index is 1550.